The quantitative estimate of drug-likeness (QED) is 0.902. The predicted octanol–water partition coefficient (Wildman–Crippen LogP) is 1.27. The third-order valence-electron chi connectivity index (χ3n) is 4.19. The molecule has 1 fully saturated rings. The monoisotopic (exact) mass is 314 g/mol. The van der Waals surface area contributed by atoms with Gasteiger partial charge in [-0.3, -0.25) is 14.5 Å². The first-order chi connectivity index (χ1) is 11.1. The zero-order valence-electron chi connectivity index (χ0n) is 13.5. The number of carbonyl (C=O) groups is 1. The largest absolute Gasteiger partial charge is 0.379 e. The number of hydrogen-bond donors (Lipinski definition) is 1. The summed E-state index contributed by atoms with van der Waals surface area (Å²) in [7, 11) is 0. The minimum Gasteiger partial charge on any atom is -0.379 e. The van der Waals surface area contributed by atoms with Crippen LogP contribution in [-0.2, 0) is 22.5 Å². The maximum Gasteiger partial charge on any atom is 0.242 e. The first-order valence-corrected chi connectivity index (χ1v) is 7.89. The van der Waals surface area contributed by atoms with Crippen LogP contribution in [0.25, 0.3) is 0 Å². The Balaban J connectivity index is 1.58. The number of rotatable bonds is 5. The fraction of sp³-hybridized carbons (Fsp3) is 0.471. The lowest BCUT2D eigenvalue weighted by Gasteiger charge is -2.19. The molecule has 6 heteroatoms. The average molecular weight is 314 g/mol. The SMILES string of the molecule is Cc1cc(C)n(CC(=O)N[C@@H]2COC[C@H]2Cc2ccncc2)n1. The zero-order valence-corrected chi connectivity index (χ0v) is 13.5. The van der Waals surface area contributed by atoms with Gasteiger partial charge in [0.05, 0.1) is 24.9 Å². The molecule has 3 rings (SSSR count). The lowest BCUT2D eigenvalue weighted by atomic mass is 9.95. The Labute approximate surface area is 135 Å². The Morgan fingerprint density at radius 2 is 2.13 bits per heavy atom. The van der Waals surface area contributed by atoms with Crippen molar-refractivity contribution in [3.63, 3.8) is 0 Å². The zero-order chi connectivity index (χ0) is 16.2. The Morgan fingerprint density at radius 1 is 1.35 bits per heavy atom. The highest BCUT2D eigenvalue weighted by atomic mass is 16.5. The number of carbonyl (C=O) groups excluding carboxylic acids is 1. The molecule has 1 N–H and O–H groups in total. The predicted molar refractivity (Wildman–Crippen MR) is 85.9 cm³/mol. The van der Waals surface area contributed by atoms with E-state index in [4.69, 9.17) is 4.74 Å². The number of ether oxygens (including phenoxy) is 1. The molecule has 0 radical (unpaired) electrons. The van der Waals surface area contributed by atoms with Crippen LogP contribution in [0.1, 0.15) is 17.0 Å². The second-order valence-electron chi connectivity index (χ2n) is 6.12. The lowest BCUT2D eigenvalue weighted by Crippen LogP contribution is -2.42. The molecule has 0 bridgehead atoms. The maximum absolute atomic E-state index is 12.3. The molecule has 2 aromatic heterocycles. The molecule has 0 spiro atoms. The number of hydrogen-bond acceptors (Lipinski definition) is 4. The molecule has 122 valence electrons. The molecule has 2 aromatic rings. The van der Waals surface area contributed by atoms with Crippen LogP contribution in [0.5, 0.6) is 0 Å². The molecule has 0 aliphatic carbocycles. The molecule has 1 amide bonds. The molecular formula is C17H22N4O2. The molecule has 3 heterocycles. The van der Waals surface area contributed by atoms with Crippen molar-refractivity contribution < 1.29 is 9.53 Å². The summed E-state index contributed by atoms with van der Waals surface area (Å²) in [4.78, 5) is 16.3. The van der Waals surface area contributed by atoms with Gasteiger partial charge < -0.3 is 10.1 Å². The average Bonchev–Trinajstić information content (AvgIpc) is 3.07. The van der Waals surface area contributed by atoms with E-state index in [1.54, 1.807) is 17.1 Å². The molecule has 6 nitrogen and oxygen atoms in total. The molecule has 1 saturated heterocycles. The molecule has 2 atom stereocenters. The van der Waals surface area contributed by atoms with Gasteiger partial charge >= 0.3 is 0 Å². The number of aromatic nitrogens is 3. The van der Waals surface area contributed by atoms with E-state index in [2.05, 4.69) is 15.4 Å². The second-order valence-corrected chi connectivity index (χ2v) is 6.12. The Morgan fingerprint density at radius 3 is 2.83 bits per heavy atom. The topological polar surface area (TPSA) is 69.0 Å². The highest BCUT2D eigenvalue weighted by Crippen LogP contribution is 2.19. The van der Waals surface area contributed by atoms with Crippen molar-refractivity contribution in [2.45, 2.75) is 32.9 Å². The summed E-state index contributed by atoms with van der Waals surface area (Å²) in [5.41, 5.74) is 3.14. The summed E-state index contributed by atoms with van der Waals surface area (Å²) in [6, 6.07) is 6.03. The Bertz CT molecular complexity index is 668. The first kappa shape index (κ1) is 15.7. The minimum atomic E-state index is -0.0218. The van der Waals surface area contributed by atoms with Crippen LogP contribution in [0.3, 0.4) is 0 Å². The van der Waals surface area contributed by atoms with Crippen molar-refractivity contribution in [2.24, 2.45) is 5.92 Å². The number of amides is 1. The standard InChI is InChI=1S/C17H22N4O2/c1-12-7-13(2)21(20-12)9-17(22)19-16-11-23-10-15(16)8-14-3-5-18-6-4-14/h3-7,15-16H,8-11H2,1-2H3,(H,19,22)/t15-,16-/m1/s1. The van der Waals surface area contributed by atoms with E-state index >= 15 is 0 Å². The van der Waals surface area contributed by atoms with Gasteiger partial charge in [0.15, 0.2) is 0 Å². The summed E-state index contributed by atoms with van der Waals surface area (Å²) in [5.74, 6) is 0.272. The van der Waals surface area contributed by atoms with Gasteiger partial charge in [0.2, 0.25) is 5.91 Å². The van der Waals surface area contributed by atoms with Gasteiger partial charge in [-0.05, 0) is 44.0 Å². The van der Waals surface area contributed by atoms with Crippen LogP contribution >= 0.6 is 0 Å². The molecule has 23 heavy (non-hydrogen) atoms. The van der Waals surface area contributed by atoms with Crippen molar-refractivity contribution in [2.75, 3.05) is 13.2 Å². The molecule has 1 aliphatic rings. The van der Waals surface area contributed by atoms with Crippen molar-refractivity contribution in [3.05, 3.63) is 47.5 Å². The van der Waals surface area contributed by atoms with E-state index in [0.717, 1.165) is 17.8 Å². The van der Waals surface area contributed by atoms with Crippen LogP contribution in [0, 0.1) is 19.8 Å². The number of aryl methyl sites for hydroxylation is 2. The van der Waals surface area contributed by atoms with Crippen LogP contribution in [0.15, 0.2) is 30.6 Å². The summed E-state index contributed by atoms with van der Waals surface area (Å²) < 4.78 is 7.30. The number of nitrogens with zero attached hydrogens (tertiary/aromatic N) is 3. The van der Waals surface area contributed by atoms with E-state index in [-0.39, 0.29) is 18.5 Å². The van der Waals surface area contributed by atoms with Crippen molar-refractivity contribution in [1.29, 1.82) is 0 Å². The highest BCUT2D eigenvalue weighted by Gasteiger charge is 2.29. The van der Waals surface area contributed by atoms with E-state index in [0.29, 0.717) is 19.1 Å². The van der Waals surface area contributed by atoms with Crippen LogP contribution in [-0.4, -0.2) is 39.9 Å². The van der Waals surface area contributed by atoms with Gasteiger partial charge in [-0.15, -0.1) is 0 Å². The Kier molecular flexibility index (Phi) is 4.71. The third kappa shape index (κ3) is 3.96. The fourth-order valence-corrected chi connectivity index (χ4v) is 3.00. The summed E-state index contributed by atoms with van der Waals surface area (Å²) in [5, 5.41) is 7.42. The van der Waals surface area contributed by atoms with Gasteiger partial charge in [0, 0.05) is 24.0 Å². The third-order valence-corrected chi connectivity index (χ3v) is 4.19. The summed E-state index contributed by atoms with van der Waals surface area (Å²) in [6.07, 6.45) is 4.47. The van der Waals surface area contributed by atoms with E-state index in [1.807, 2.05) is 32.0 Å². The second kappa shape index (κ2) is 6.91. The molecule has 1 aliphatic heterocycles. The number of nitrogens with one attached hydrogen (secondary N) is 1. The maximum atomic E-state index is 12.3. The smallest absolute Gasteiger partial charge is 0.242 e. The van der Waals surface area contributed by atoms with Crippen LogP contribution in [0.4, 0.5) is 0 Å². The van der Waals surface area contributed by atoms with Gasteiger partial charge in [0.1, 0.15) is 6.54 Å². The van der Waals surface area contributed by atoms with Crippen molar-refractivity contribution >= 4 is 5.91 Å². The van der Waals surface area contributed by atoms with E-state index in [9.17, 15) is 4.79 Å². The minimum absolute atomic E-state index is 0.0218. The number of pyridine rings is 1. The van der Waals surface area contributed by atoms with Crippen molar-refractivity contribution in [1.82, 2.24) is 20.1 Å². The van der Waals surface area contributed by atoms with Gasteiger partial charge in [-0.1, -0.05) is 0 Å². The van der Waals surface area contributed by atoms with Gasteiger partial charge in [0.25, 0.3) is 0 Å². The normalized spacial score (nSPS) is 20.6. The van der Waals surface area contributed by atoms with Gasteiger partial charge in [-0.25, -0.2) is 0 Å². The molecule has 0 aromatic carbocycles. The lowest BCUT2D eigenvalue weighted by molar-refractivity contribution is -0.122. The van der Waals surface area contributed by atoms with E-state index < -0.39 is 0 Å². The molecule has 0 saturated carbocycles. The van der Waals surface area contributed by atoms with Crippen LogP contribution in [0.2, 0.25) is 0 Å². The van der Waals surface area contributed by atoms with Gasteiger partial charge in [-0.2, -0.15) is 5.10 Å². The Hall–Kier alpha value is -2.21. The van der Waals surface area contributed by atoms with E-state index in [1.165, 1.54) is 5.56 Å². The first-order valence-electron chi connectivity index (χ1n) is 7.89. The summed E-state index contributed by atoms with van der Waals surface area (Å²) >= 11 is 0. The van der Waals surface area contributed by atoms with Crippen LogP contribution < -0.4 is 5.32 Å². The molecular weight excluding hydrogens is 292 g/mol. The fourth-order valence-electron chi connectivity index (χ4n) is 3.00. The van der Waals surface area contributed by atoms with Crippen molar-refractivity contribution in [3.8, 4) is 0 Å². The molecule has 0 unspecified atom stereocenters. The summed E-state index contributed by atoms with van der Waals surface area (Å²) in [6.45, 7) is 5.37. The highest BCUT2D eigenvalue weighted by molar-refractivity contribution is 5.76.